The first-order valence-electron chi connectivity index (χ1n) is 14.2. The molecule has 5 aliphatic heterocycles. The van der Waals surface area contributed by atoms with Gasteiger partial charge in [-0.05, 0) is 30.7 Å². The van der Waals surface area contributed by atoms with Crippen LogP contribution in [-0.2, 0) is 10.2 Å². The van der Waals surface area contributed by atoms with Gasteiger partial charge in [0.25, 0.3) is 5.91 Å². The number of carbonyl (C=O) groups excluding carboxylic acids is 3. The number of urea groups is 1. The number of ether oxygens (including phenoxy) is 1. The summed E-state index contributed by atoms with van der Waals surface area (Å²) in [7, 11) is 0. The van der Waals surface area contributed by atoms with E-state index in [2.05, 4.69) is 34.5 Å². The zero-order chi connectivity index (χ0) is 29.8. The van der Waals surface area contributed by atoms with Gasteiger partial charge in [-0.3, -0.25) is 14.5 Å². The van der Waals surface area contributed by atoms with E-state index in [4.69, 9.17) is 16.2 Å². The minimum absolute atomic E-state index is 0.0108. The number of hydrogen-bond donors (Lipinski definition) is 6. The van der Waals surface area contributed by atoms with Gasteiger partial charge in [0, 0.05) is 18.2 Å². The molecule has 8 N–H and O–H groups in total. The van der Waals surface area contributed by atoms with Crippen LogP contribution in [0.4, 0.5) is 4.79 Å². The highest BCUT2D eigenvalue weighted by Gasteiger charge is 2.73. The van der Waals surface area contributed by atoms with Crippen molar-refractivity contribution in [2.24, 2.45) is 21.5 Å². The zero-order valence-corrected chi connectivity index (χ0v) is 23.4. The van der Waals surface area contributed by atoms with Gasteiger partial charge >= 0.3 is 6.03 Å². The normalized spacial score (nSPS) is 32.4. The molecule has 5 heterocycles. The van der Waals surface area contributed by atoms with Crippen molar-refractivity contribution < 1.29 is 29.3 Å². The highest BCUT2D eigenvalue weighted by Crippen LogP contribution is 2.46. The fourth-order valence-corrected chi connectivity index (χ4v) is 7.02. The van der Waals surface area contributed by atoms with Crippen LogP contribution in [0.15, 0.2) is 28.2 Å². The van der Waals surface area contributed by atoms with E-state index in [9.17, 15) is 24.6 Å². The van der Waals surface area contributed by atoms with Crippen molar-refractivity contribution in [1.29, 1.82) is 0 Å². The Bertz CT molecular complexity index is 1460. The Morgan fingerprint density at radius 1 is 1.21 bits per heavy atom. The smallest absolute Gasteiger partial charge is 0.327 e. The van der Waals surface area contributed by atoms with Crippen LogP contribution >= 0.6 is 0 Å². The number of nitrogens with two attached hydrogens (primary N) is 2. The summed E-state index contributed by atoms with van der Waals surface area (Å²) in [6.45, 7) is 4.30. The van der Waals surface area contributed by atoms with Gasteiger partial charge in [0.2, 0.25) is 11.7 Å². The average Bonchev–Trinajstić information content (AvgIpc) is 3.59. The third-order valence-electron chi connectivity index (χ3n) is 9.51. The van der Waals surface area contributed by atoms with Crippen molar-refractivity contribution in [2.45, 2.75) is 74.1 Å². The molecule has 15 nitrogen and oxygen atoms in total. The largest absolute Gasteiger partial charge is 0.492 e. The number of benzene rings is 1. The lowest BCUT2D eigenvalue weighted by atomic mass is 9.79. The van der Waals surface area contributed by atoms with E-state index in [1.165, 1.54) is 4.90 Å². The summed E-state index contributed by atoms with van der Waals surface area (Å²) in [5.74, 6) is -3.28. The zero-order valence-electron chi connectivity index (χ0n) is 23.4. The lowest BCUT2D eigenvalue weighted by Crippen LogP contribution is -2.78. The third kappa shape index (κ3) is 3.62. The quantitative estimate of drug-likeness (QED) is 0.165. The Morgan fingerprint density at radius 3 is 2.71 bits per heavy atom. The predicted molar refractivity (Wildman–Crippen MR) is 148 cm³/mol. The molecule has 7 rings (SSSR count). The van der Waals surface area contributed by atoms with Gasteiger partial charge < -0.3 is 46.9 Å². The molecule has 0 radical (unpaired) electrons. The number of carbonyl (C=O) groups is 3. The van der Waals surface area contributed by atoms with Crippen LogP contribution in [0.2, 0.25) is 0 Å². The van der Waals surface area contributed by atoms with Crippen LogP contribution in [0.25, 0.3) is 0 Å². The van der Waals surface area contributed by atoms with Gasteiger partial charge in [-0.1, -0.05) is 26.0 Å². The maximum atomic E-state index is 13.6. The number of aliphatic hydroxyl groups is 2. The summed E-state index contributed by atoms with van der Waals surface area (Å²) >= 11 is 0. The summed E-state index contributed by atoms with van der Waals surface area (Å²) in [5, 5.41) is 29.2. The van der Waals surface area contributed by atoms with E-state index in [-0.39, 0.29) is 54.5 Å². The molecule has 1 aromatic rings. The Labute approximate surface area is 241 Å². The summed E-state index contributed by atoms with van der Waals surface area (Å²) < 4.78 is 5.90. The molecule has 42 heavy (non-hydrogen) atoms. The first-order valence-corrected chi connectivity index (χ1v) is 14.2. The van der Waals surface area contributed by atoms with Gasteiger partial charge in [0.15, 0.2) is 17.6 Å². The van der Waals surface area contributed by atoms with Crippen LogP contribution in [-0.4, -0.2) is 117 Å². The highest BCUT2D eigenvalue weighted by molar-refractivity contribution is 6.02. The summed E-state index contributed by atoms with van der Waals surface area (Å²) in [6, 6.07) is 1.73. The van der Waals surface area contributed by atoms with Crippen LogP contribution in [0.3, 0.4) is 0 Å². The Balaban J connectivity index is 1.18. The fourth-order valence-electron chi connectivity index (χ4n) is 7.02. The fraction of sp³-hybridized carbons (Fsp3) is 0.593. The molecular weight excluding hydrogens is 546 g/mol. The van der Waals surface area contributed by atoms with Crippen molar-refractivity contribution >= 4 is 29.8 Å². The lowest BCUT2D eigenvalue weighted by Gasteiger charge is -2.49. The van der Waals surface area contributed by atoms with Gasteiger partial charge in [0.1, 0.15) is 24.4 Å². The molecule has 2 saturated heterocycles. The molecule has 1 aromatic carbocycles. The number of rotatable bonds is 5. The molecular formula is C27H35N9O6. The van der Waals surface area contributed by atoms with Crippen LogP contribution in [0.1, 0.15) is 49.0 Å². The average molecular weight is 582 g/mol. The first-order chi connectivity index (χ1) is 19.8. The molecule has 4 atom stereocenters. The second-order valence-electron chi connectivity index (χ2n) is 12.6. The van der Waals surface area contributed by atoms with E-state index < -0.39 is 41.5 Å². The van der Waals surface area contributed by atoms with Gasteiger partial charge in [-0.2, -0.15) is 0 Å². The number of aliphatic imine (C=N–C) groups is 2. The molecule has 1 spiro atoms. The van der Waals surface area contributed by atoms with E-state index in [0.717, 1.165) is 29.7 Å². The predicted octanol–water partition coefficient (Wildman–Crippen LogP) is -2.05. The standard InChI is InChI=1S/C27H35N9O6/c1-25(2)8-9-42-19-14(4-3-5-15(19)25)21(38)31-17-11-36-23(29)30-16(20-26(36,27(17,40)41)33-22(28)32-20)10-35-18(37)12-34(24(35)39)13-6-7-13/h3-5,13,16-17,20,40-41H,6-12H2,1-2H3,(H2,29,30)(H,31,38)(H3,28,32,33)/t16-,17?,20?,26?/m0/s1. The number of nitrogens with zero attached hydrogens (tertiary/aromatic N) is 5. The number of hydrogen-bond acceptors (Lipinski definition) is 12. The second kappa shape index (κ2) is 8.70. The van der Waals surface area contributed by atoms with Crippen molar-refractivity contribution in [3.63, 3.8) is 0 Å². The molecule has 3 unspecified atom stereocenters. The highest BCUT2D eigenvalue weighted by atomic mass is 16.5. The third-order valence-corrected chi connectivity index (χ3v) is 9.51. The number of nitrogens with one attached hydrogen (secondary N) is 2. The molecule has 0 bridgehead atoms. The molecule has 4 amide bonds. The van der Waals surface area contributed by atoms with Crippen LogP contribution in [0.5, 0.6) is 5.75 Å². The summed E-state index contributed by atoms with van der Waals surface area (Å²) in [4.78, 5) is 52.4. The summed E-state index contributed by atoms with van der Waals surface area (Å²) in [5.41, 5.74) is 11.6. The monoisotopic (exact) mass is 581 g/mol. The van der Waals surface area contributed by atoms with Crippen LogP contribution < -0.4 is 26.8 Å². The number of fused-ring (bicyclic) bond motifs is 1. The number of guanidine groups is 2. The van der Waals surface area contributed by atoms with Crippen LogP contribution in [0, 0.1) is 0 Å². The van der Waals surface area contributed by atoms with E-state index in [1.807, 2.05) is 6.07 Å². The van der Waals surface area contributed by atoms with E-state index in [1.54, 1.807) is 17.0 Å². The lowest BCUT2D eigenvalue weighted by molar-refractivity contribution is -0.230. The second-order valence-corrected chi connectivity index (χ2v) is 12.6. The Hall–Kier alpha value is -4.11. The van der Waals surface area contributed by atoms with Crippen molar-refractivity contribution in [1.82, 2.24) is 25.3 Å². The number of amides is 4. The molecule has 6 aliphatic rings. The van der Waals surface area contributed by atoms with Crippen molar-refractivity contribution in [2.75, 3.05) is 26.2 Å². The number of imide groups is 1. The van der Waals surface area contributed by atoms with Crippen molar-refractivity contribution in [3.8, 4) is 5.75 Å². The minimum atomic E-state index is -2.66. The first kappa shape index (κ1) is 26.8. The minimum Gasteiger partial charge on any atom is -0.492 e. The van der Waals surface area contributed by atoms with Gasteiger partial charge in [-0.15, -0.1) is 0 Å². The SMILES string of the molecule is CC1(C)CCOc2c(C(=O)NC3CN4C(N)=N[C@@H](CN5C(=O)CN(C6CC6)C5=O)C5N=C(N)NC54C3(O)O)cccc21. The Kier molecular flexibility index (Phi) is 5.55. The van der Waals surface area contributed by atoms with Crippen molar-refractivity contribution in [3.05, 3.63) is 29.3 Å². The molecule has 15 heteroatoms. The molecule has 224 valence electrons. The number of para-hydroxylation sites is 1. The molecule has 3 fully saturated rings. The Morgan fingerprint density at radius 2 is 1.98 bits per heavy atom. The molecule has 0 aromatic heterocycles. The van der Waals surface area contributed by atoms with E-state index >= 15 is 0 Å². The topological polar surface area (TPSA) is 211 Å². The maximum absolute atomic E-state index is 13.6. The van der Waals surface area contributed by atoms with Gasteiger partial charge in [-0.25, -0.2) is 14.8 Å². The van der Waals surface area contributed by atoms with Gasteiger partial charge in [0.05, 0.1) is 24.8 Å². The van der Waals surface area contributed by atoms with E-state index in [0.29, 0.717) is 12.4 Å². The maximum Gasteiger partial charge on any atom is 0.327 e. The molecule has 1 aliphatic carbocycles. The summed E-state index contributed by atoms with van der Waals surface area (Å²) in [6.07, 6.45) is 2.50. The molecule has 1 saturated carbocycles.